The van der Waals surface area contributed by atoms with Crippen molar-refractivity contribution in [3.05, 3.63) is 30.7 Å². The summed E-state index contributed by atoms with van der Waals surface area (Å²) in [5, 5.41) is 0.134. The first-order valence-corrected chi connectivity index (χ1v) is 8.86. The van der Waals surface area contributed by atoms with E-state index in [1.807, 2.05) is 13.1 Å². The van der Waals surface area contributed by atoms with Crippen LogP contribution in [0.3, 0.4) is 0 Å². The van der Waals surface area contributed by atoms with Crippen LogP contribution in [0.15, 0.2) is 29.9 Å². The lowest BCUT2D eigenvalue weighted by atomic mass is 10.00. The van der Waals surface area contributed by atoms with Crippen LogP contribution in [-0.4, -0.2) is 44.9 Å². The third kappa shape index (κ3) is 2.93. The number of hydrogen-bond donors (Lipinski definition) is 0. The Morgan fingerprint density at radius 1 is 1.36 bits per heavy atom. The van der Waals surface area contributed by atoms with Crippen molar-refractivity contribution in [1.29, 1.82) is 0 Å². The van der Waals surface area contributed by atoms with Crippen LogP contribution in [0.4, 0.5) is 0 Å². The molecule has 0 radical (unpaired) electrons. The lowest BCUT2D eigenvalue weighted by molar-refractivity contribution is 0.244. The molecule has 120 valence electrons. The van der Waals surface area contributed by atoms with Gasteiger partial charge >= 0.3 is 0 Å². The number of piperidine rings is 1. The van der Waals surface area contributed by atoms with Gasteiger partial charge in [0.25, 0.3) is 10.0 Å². The van der Waals surface area contributed by atoms with Gasteiger partial charge in [-0.1, -0.05) is 0 Å². The van der Waals surface area contributed by atoms with Crippen LogP contribution in [0, 0.1) is 12.8 Å². The first kappa shape index (κ1) is 15.2. The molecule has 0 spiro atoms. The summed E-state index contributed by atoms with van der Waals surface area (Å²) in [6, 6.07) is 0. The summed E-state index contributed by atoms with van der Waals surface area (Å²) in [5.74, 6) is 1.27. The molecule has 22 heavy (non-hydrogen) atoms. The molecule has 0 amide bonds. The van der Waals surface area contributed by atoms with Gasteiger partial charge in [0.2, 0.25) is 0 Å². The fourth-order valence-electron chi connectivity index (χ4n) is 2.92. The Labute approximate surface area is 130 Å². The molecule has 1 aliphatic heterocycles. The van der Waals surface area contributed by atoms with E-state index in [-0.39, 0.29) is 5.03 Å². The molecule has 7 nitrogen and oxygen atoms in total. The first-order valence-electron chi connectivity index (χ1n) is 7.42. The maximum absolute atomic E-state index is 12.6. The molecule has 0 bridgehead atoms. The van der Waals surface area contributed by atoms with Gasteiger partial charge < -0.3 is 9.13 Å². The predicted octanol–water partition coefficient (Wildman–Crippen LogP) is 1.03. The van der Waals surface area contributed by atoms with E-state index in [2.05, 4.69) is 14.5 Å². The Kier molecular flexibility index (Phi) is 4.05. The van der Waals surface area contributed by atoms with Gasteiger partial charge in [-0.25, -0.2) is 18.4 Å². The van der Waals surface area contributed by atoms with Gasteiger partial charge in [-0.05, 0) is 25.7 Å². The van der Waals surface area contributed by atoms with Crippen molar-refractivity contribution in [3.63, 3.8) is 0 Å². The minimum atomic E-state index is -3.49. The van der Waals surface area contributed by atoms with Crippen molar-refractivity contribution in [2.24, 2.45) is 13.0 Å². The lowest BCUT2D eigenvalue weighted by Gasteiger charge is -2.31. The minimum absolute atomic E-state index is 0.134. The van der Waals surface area contributed by atoms with Crippen molar-refractivity contribution >= 4 is 10.0 Å². The molecule has 1 fully saturated rings. The van der Waals surface area contributed by atoms with E-state index in [4.69, 9.17) is 0 Å². The Hall–Kier alpha value is -1.67. The van der Waals surface area contributed by atoms with E-state index in [0.29, 0.717) is 19.0 Å². The lowest BCUT2D eigenvalue weighted by Crippen LogP contribution is -2.41. The molecule has 2 aromatic rings. The molecule has 1 saturated heterocycles. The topological polar surface area (TPSA) is 73.0 Å². The van der Waals surface area contributed by atoms with Crippen molar-refractivity contribution in [2.75, 3.05) is 13.1 Å². The number of sulfonamides is 1. The molecule has 0 aliphatic carbocycles. The molecular weight excluding hydrogens is 302 g/mol. The Morgan fingerprint density at radius 2 is 2.18 bits per heavy atom. The molecule has 3 rings (SSSR count). The van der Waals surface area contributed by atoms with Gasteiger partial charge in [-0.15, -0.1) is 0 Å². The smallest absolute Gasteiger partial charge is 0.262 e. The number of hydrogen-bond acceptors (Lipinski definition) is 4. The van der Waals surface area contributed by atoms with E-state index < -0.39 is 10.0 Å². The van der Waals surface area contributed by atoms with E-state index in [1.54, 1.807) is 28.3 Å². The molecule has 8 heteroatoms. The average molecular weight is 323 g/mol. The minimum Gasteiger partial charge on any atom is -0.339 e. The summed E-state index contributed by atoms with van der Waals surface area (Å²) in [4.78, 5) is 8.21. The van der Waals surface area contributed by atoms with Gasteiger partial charge in [0.15, 0.2) is 5.03 Å². The zero-order chi connectivity index (χ0) is 15.7. The molecule has 1 atom stereocenters. The van der Waals surface area contributed by atoms with Crippen molar-refractivity contribution < 1.29 is 8.42 Å². The summed E-state index contributed by atoms with van der Waals surface area (Å²) in [6.45, 7) is 3.88. The van der Waals surface area contributed by atoms with E-state index >= 15 is 0 Å². The highest BCUT2D eigenvalue weighted by atomic mass is 32.2. The number of aromatic nitrogens is 4. The molecule has 0 N–H and O–H groups in total. The van der Waals surface area contributed by atoms with Gasteiger partial charge in [0.05, 0.1) is 6.33 Å². The van der Waals surface area contributed by atoms with Crippen LogP contribution >= 0.6 is 0 Å². The summed E-state index contributed by atoms with van der Waals surface area (Å²) in [7, 11) is -1.72. The van der Waals surface area contributed by atoms with Crippen molar-refractivity contribution in [2.45, 2.75) is 31.3 Å². The normalized spacial score (nSPS) is 20.4. The second-order valence-corrected chi connectivity index (χ2v) is 7.76. The maximum atomic E-state index is 12.6. The van der Waals surface area contributed by atoms with E-state index in [9.17, 15) is 8.42 Å². The quantitative estimate of drug-likeness (QED) is 0.842. The largest absolute Gasteiger partial charge is 0.339 e. The van der Waals surface area contributed by atoms with E-state index in [1.165, 1.54) is 6.33 Å². The Morgan fingerprint density at radius 3 is 2.82 bits per heavy atom. The van der Waals surface area contributed by atoms with Crippen LogP contribution in [-0.2, 0) is 23.6 Å². The number of imidazole rings is 2. The summed E-state index contributed by atoms with van der Waals surface area (Å²) in [6.07, 6.45) is 8.71. The molecule has 0 aromatic carbocycles. The molecule has 0 saturated carbocycles. The highest BCUT2D eigenvalue weighted by molar-refractivity contribution is 7.89. The summed E-state index contributed by atoms with van der Waals surface area (Å²) in [5.41, 5.74) is 0. The fraction of sp³-hybridized carbons (Fsp3) is 0.571. The van der Waals surface area contributed by atoms with Crippen LogP contribution in [0.1, 0.15) is 18.7 Å². The van der Waals surface area contributed by atoms with Crippen LogP contribution in [0.25, 0.3) is 0 Å². The predicted molar refractivity (Wildman–Crippen MR) is 81.7 cm³/mol. The number of aryl methyl sites for hydroxylation is 2. The van der Waals surface area contributed by atoms with Gasteiger partial charge in [0.1, 0.15) is 5.82 Å². The third-order valence-electron chi connectivity index (χ3n) is 4.15. The standard InChI is InChI=1S/C14H21N5O2S/c1-12-15-5-7-18(12)8-13-4-3-6-19(9-13)22(20,21)14-10-17(2)11-16-14/h5,7,10-11,13H,3-4,6,8-9H2,1-2H3. The maximum Gasteiger partial charge on any atom is 0.262 e. The molecular formula is C14H21N5O2S. The molecule has 2 aromatic heterocycles. The molecule has 1 aliphatic rings. The second kappa shape index (κ2) is 5.85. The number of nitrogens with zero attached hydrogens (tertiary/aromatic N) is 5. The Bertz CT molecular complexity index is 749. The van der Waals surface area contributed by atoms with Crippen LogP contribution in [0.2, 0.25) is 0 Å². The number of rotatable bonds is 4. The molecule has 1 unspecified atom stereocenters. The molecule has 3 heterocycles. The van der Waals surface area contributed by atoms with Gasteiger partial charge in [-0.2, -0.15) is 4.31 Å². The van der Waals surface area contributed by atoms with Crippen molar-refractivity contribution in [3.8, 4) is 0 Å². The third-order valence-corrected chi connectivity index (χ3v) is 5.90. The van der Waals surface area contributed by atoms with Crippen molar-refractivity contribution in [1.82, 2.24) is 23.4 Å². The summed E-state index contributed by atoms with van der Waals surface area (Å²) >= 11 is 0. The average Bonchev–Trinajstić information content (AvgIpc) is 3.09. The zero-order valence-electron chi connectivity index (χ0n) is 12.9. The first-order chi connectivity index (χ1) is 10.5. The summed E-state index contributed by atoms with van der Waals surface area (Å²) < 4.78 is 30.6. The second-order valence-electron chi connectivity index (χ2n) is 5.88. The zero-order valence-corrected chi connectivity index (χ0v) is 13.7. The monoisotopic (exact) mass is 323 g/mol. The van der Waals surface area contributed by atoms with Crippen LogP contribution in [0.5, 0.6) is 0 Å². The Balaban J connectivity index is 1.74. The highest BCUT2D eigenvalue weighted by Gasteiger charge is 2.31. The van der Waals surface area contributed by atoms with E-state index in [0.717, 1.165) is 25.2 Å². The fourth-order valence-corrected chi connectivity index (χ4v) is 4.44. The SMILES string of the molecule is Cc1nccn1CC1CCCN(S(=O)(=O)c2cn(C)cn2)C1. The van der Waals surface area contributed by atoms with Gasteiger partial charge in [-0.3, -0.25) is 0 Å². The van der Waals surface area contributed by atoms with Crippen LogP contribution < -0.4 is 0 Å². The van der Waals surface area contributed by atoms with Gasteiger partial charge in [0, 0.05) is 45.3 Å². The highest BCUT2D eigenvalue weighted by Crippen LogP contribution is 2.24.